The molecule has 1 fully saturated rings. The van der Waals surface area contributed by atoms with E-state index in [2.05, 4.69) is 46.0 Å². The van der Waals surface area contributed by atoms with E-state index in [1.165, 1.54) is 5.56 Å². The van der Waals surface area contributed by atoms with Crippen LogP contribution in [0.15, 0.2) is 48.5 Å². The Hall–Kier alpha value is -2.13. The number of nitrogens with one attached hydrogen (secondary N) is 1. The lowest BCUT2D eigenvalue weighted by molar-refractivity contribution is 0.0864. The number of carbonyl (C=O) groups is 1. The average molecular weight is 380 g/mol. The smallest absolute Gasteiger partial charge is 0.163 e. The Balaban J connectivity index is 1.57. The van der Waals surface area contributed by atoms with E-state index in [1.54, 1.807) is 0 Å². The first kappa shape index (κ1) is 20.6. The van der Waals surface area contributed by atoms with Crippen molar-refractivity contribution in [1.29, 1.82) is 0 Å². The largest absolute Gasteiger partial charge is 0.489 e. The minimum Gasteiger partial charge on any atom is -0.489 e. The van der Waals surface area contributed by atoms with Crippen LogP contribution in [0.5, 0.6) is 5.75 Å². The van der Waals surface area contributed by atoms with Crippen LogP contribution in [0, 0.1) is 12.8 Å². The fourth-order valence-electron chi connectivity index (χ4n) is 4.72. The maximum atomic E-state index is 12.8. The van der Waals surface area contributed by atoms with Gasteiger partial charge in [-0.15, -0.1) is 0 Å². The number of aryl methyl sites for hydroxylation is 1. The van der Waals surface area contributed by atoms with Gasteiger partial charge >= 0.3 is 0 Å². The third-order valence-electron chi connectivity index (χ3n) is 5.42. The molecule has 0 radical (unpaired) electrons. The zero-order valence-corrected chi connectivity index (χ0v) is 17.8. The quantitative estimate of drug-likeness (QED) is 0.654. The number of Topliss-reactive ketones (excluding diaryl/α,β-unsaturated/α-hetero) is 1. The lowest BCUT2D eigenvalue weighted by Crippen LogP contribution is -2.57. The summed E-state index contributed by atoms with van der Waals surface area (Å²) in [6.45, 7) is 11.5. The molecule has 0 atom stereocenters. The highest BCUT2D eigenvalue weighted by Crippen LogP contribution is 2.35. The lowest BCUT2D eigenvalue weighted by Gasteiger charge is -2.46. The molecule has 3 rings (SSSR count). The van der Waals surface area contributed by atoms with Crippen molar-refractivity contribution in [1.82, 2.24) is 5.32 Å². The van der Waals surface area contributed by atoms with Crippen molar-refractivity contribution >= 4 is 5.78 Å². The van der Waals surface area contributed by atoms with E-state index in [4.69, 9.17) is 4.74 Å². The number of benzene rings is 2. The van der Waals surface area contributed by atoms with Crippen molar-refractivity contribution in [3.63, 3.8) is 0 Å². The first-order valence-electron chi connectivity index (χ1n) is 10.2. The summed E-state index contributed by atoms with van der Waals surface area (Å²) in [6, 6.07) is 15.9. The maximum Gasteiger partial charge on any atom is 0.163 e. The zero-order valence-electron chi connectivity index (χ0n) is 17.8. The van der Waals surface area contributed by atoms with Crippen LogP contribution in [-0.2, 0) is 6.61 Å². The molecule has 1 saturated heterocycles. The first-order valence-corrected chi connectivity index (χ1v) is 10.2. The number of rotatable bonds is 6. The third-order valence-corrected chi connectivity index (χ3v) is 5.42. The van der Waals surface area contributed by atoms with Crippen LogP contribution in [0.3, 0.4) is 0 Å². The molecule has 1 heterocycles. The molecule has 3 nitrogen and oxygen atoms in total. The second-order valence-corrected chi connectivity index (χ2v) is 9.60. The van der Waals surface area contributed by atoms with Gasteiger partial charge in [0.1, 0.15) is 12.4 Å². The molecular weight excluding hydrogens is 346 g/mol. The molecule has 0 unspecified atom stereocenters. The van der Waals surface area contributed by atoms with Gasteiger partial charge in [0.15, 0.2) is 5.78 Å². The number of hydrogen-bond donors (Lipinski definition) is 1. The summed E-state index contributed by atoms with van der Waals surface area (Å²) >= 11 is 0. The molecule has 2 aromatic rings. The van der Waals surface area contributed by atoms with Crippen molar-refractivity contribution in [3.05, 3.63) is 65.2 Å². The highest BCUT2D eigenvalue weighted by molar-refractivity contribution is 5.96. The van der Waals surface area contributed by atoms with Gasteiger partial charge in [-0.1, -0.05) is 36.4 Å². The average Bonchev–Trinajstić information content (AvgIpc) is 2.57. The topological polar surface area (TPSA) is 38.3 Å². The van der Waals surface area contributed by atoms with E-state index in [9.17, 15) is 4.79 Å². The van der Waals surface area contributed by atoms with Crippen molar-refractivity contribution in [2.24, 2.45) is 5.92 Å². The van der Waals surface area contributed by atoms with E-state index in [0.29, 0.717) is 18.9 Å². The van der Waals surface area contributed by atoms with Crippen LogP contribution in [0.4, 0.5) is 0 Å². The molecule has 1 aliphatic rings. The molecule has 0 amide bonds. The van der Waals surface area contributed by atoms with Crippen LogP contribution in [0.2, 0.25) is 0 Å². The Kier molecular flexibility index (Phi) is 5.95. The molecule has 3 heteroatoms. The summed E-state index contributed by atoms with van der Waals surface area (Å²) in [5.74, 6) is 1.53. The van der Waals surface area contributed by atoms with Crippen LogP contribution >= 0.6 is 0 Å². The maximum absolute atomic E-state index is 12.8. The Labute approximate surface area is 169 Å². The summed E-state index contributed by atoms with van der Waals surface area (Å²) in [6.07, 6.45) is 2.68. The molecule has 1 N–H and O–H groups in total. The van der Waals surface area contributed by atoms with E-state index in [-0.39, 0.29) is 16.9 Å². The van der Waals surface area contributed by atoms with Gasteiger partial charge < -0.3 is 10.1 Å². The minimum absolute atomic E-state index is 0.0731. The van der Waals surface area contributed by atoms with Gasteiger partial charge in [-0.05, 0) is 76.6 Å². The van der Waals surface area contributed by atoms with Gasteiger partial charge in [-0.2, -0.15) is 0 Å². The lowest BCUT2D eigenvalue weighted by atomic mass is 9.74. The van der Waals surface area contributed by atoms with Crippen LogP contribution in [0.25, 0.3) is 0 Å². The summed E-state index contributed by atoms with van der Waals surface area (Å²) in [5.41, 5.74) is 3.20. The second kappa shape index (κ2) is 8.08. The normalized spacial score (nSPS) is 18.6. The predicted octanol–water partition coefficient (Wildman–Crippen LogP) is 5.70. The van der Waals surface area contributed by atoms with E-state index >= 15 is 0 Å². The number of ketones is 1. The van der Waals surface area contributed by atoms with Gasteiger partial charge in [0.05, 0.1) is 0 Å². The fraction of sp³-hybridized carbons (Fsp3) is 0.480. The highest BCUT2D eigenvalue weighted by atomic mass is 16.5. The third kappa shape index (κ3) is 5.68. The highest BCUT2D eigenvalue weighted by Gasteiger charge is 2.38. The first-order chi connectivity index (χ1) is 13.1. The molecule has 2 aromatic carbocycles. The number of carbonyl (C=O) groups excluding carboxylic acids is 1. The standard InChI is InChI=1S/C25H33NO2/c1-18-7-6-8-22(13-18)28-17-19-9-11-21(12-10-19)23(27)14-20-15-24(2,3)26-25(4,5)16-20/h6-13,20,26H,14-17H2,1-5H3. The van der Waals surface area contributed by atoms with E-state index < -0.39 is 0 Å². The van der Waals surface area contributed by atoms with Gasteiger partial charge in [0.2, 0.25) is 0 Å². The van der Waals surface area contributed by atoms with Gasteiger partial charge in [0.25, 0.3) is 0 Å². The van der Waals surface area contributed by atoms with E-state index in [0.717, 1.165) is 29.7 Å². The molecule has 0 aliphatic carbocycles. The Morgan fingerprint density at radius 3 is 2.29 bits per heavy atom. The predicted molar refractivity (Wildman–Crippen MR) is 115 cm³/mol. The summed E-state index contributed by atoms with van der Waals surface area (Å²) in [7, 11) is 0. The minimum atomic E-state index is 0.0731. The Bertz CT molecular complexity index is 805. The molecular formula is C25H33NO2. The van der Waals surface area contributed by atoms with Crippen LogP contribution < -0.4 is 10.1 Å². The molecule has 0 spiro atoms. The summed E-state index contributed by atoms with van der Waals surface area (Å²) in [5, 5.41) is 3.69. The van der Waals surface area contributed by atoms with Gasteiger partial charge in [-0.25, -0.2) is 0 Å². The molecule has 0 aromatic heterocycles. The van der Waals surface area contributed by atoms with Crippen molar-refractivity contribution in [3.8, 4) is 5.75 Å². The number of piperidine rings is 1. The molecule has 0 saturated carbocycles. The van der Waals surface area contributed by atoms with Crippen molar-refractivity contribution in [2.75, 3.05) is 0 Å². The molecule has 0 bridgehead atoms. The molecule has 150 valence electrons. The van der Waals surface area contributed by atoms with E-state index in [1.807, 2.05) is 42.5 Å². The monoisotopic (exact) mass is 379 g/mol. The molecule has 28 heavy (non-hydrogen) atoms. The number of hydrogen-bond acceptors (Lipinski definition) is 3. The second-order valence-electron chi connectivity index (χ2n) is 9.60. The molecule has 1 aliphatic heterocycles. The fourth-order valence-corrected chi connectivity index (χ4v) is 4.72. The van der Waals surface area contributed by atoms with Crippen molar-refractivity contribution < 1.29 is 9.53 Å². The van der Waals surface area contributed by atoms with Gasteiger partial charge in [0, 0.05) is 23.1 Å². The van der Waals surface area contributed by atoms with Crippen LogP contribution in [0.1, 0.15) is 68.4 Å². The summed E-state index contributed by atoms with van der Waals surface area (Å²) in [4.78, 5) is 12.8. The van der Waals surface area contributed by atoms with Gasteiger partial charge in [-0.3, -0.25) is 4.79 Å². The Morgan fingerprint density at radius 2 is 1.68 bits per heavy atom. The van der Waals surface area contributed by atoms with Crippen LogP contribution in [-0.4, -0.2) is 16.9 Å². The SMILES string of the molecule is Cc1cccc(OCc2ccc(C(=O)CC3CC(C)(C)NC(C)(C)C3)cc2)c1. The zero-order chi connectivity index (χ0) is 20.4. The van der Waals surface area contributed by atoms with Crippen molar-refractivity contribution in [2.45, 2.75) is 71.6 Å². The Morgan fingerprint density at radius 1 is 1.04 bits per heavy atom. The summed E-state index contributed by atoms with van der Waals surface area (Å²) < 4.78 is 5.85. The number of ether oxygens (including phenoxy) is 1.